The van der Waals surface area contributed by atoms with Crippen molar-refractivity contribution >= 4 is 48.7 Å². The van der Waals surface area contributed by atoms with Crippen LogP contribution in [0.25, 0.3) is 82.0 Å². The number of hydrogen-bond donors (Lipinski definition) is 0. The first kappa shape index (κ1) is 33.0. The molecule has 0 N–H and O–H groups in total. The average Bonchev–Trinajstić information content (AvgIpc) is 3.50. The maximum absolute atomic E-state index is 2.57. The fourth-order valence-electron chi connectivity index (χ4n) is 11.4. The first-order valence-corrected chi connectivity index (χ1v) is 21.1. The fourth-order valence-corrected chi connectivity index (χ4v) is 11.4. The highest BCUT2D eigenvalue weighted by atomic mass is 14.4. The van der Waals surface area contributed by atoms with Gasteiger partial charge in [-0.3, -0.25) is 0 Å². The van der Waals surface area contributed by atoms with Crippen LogP contribution in [-0.2, 0) is 5.41 Å². The molecule has 0 saturated heterocycles. The van der Waals surface area contributed by atoms with E-state index in [1.807, 2.05) is 0 Å². The SMILES string of the molecule is CC1(C)c2ccccc2-c2cc3c(-c4ccc5ccccc5c4)c4ccc(C5=CC6=CC=CC7=CC=C8C=CC=C5C8C76)cc4c(-c4ccc5ccccc5c4)c3cc21. The van der Waals surface area contributed by atoms with Gasteiger partial charge in [-0.2, -0.15) is 0 Å². The van der Waals surface area contributed by atoms with Gasteiger partial charge in [0.15, 0.2) is 0 Å². The van der Waals surface area contributed by atoms with Crippen LogP contribution < -0.4 is 0 Å². The topological polar surface area (TPSA) is 0 Å². The molecule has 0 saturated carbocycles. The molecule has 0 spiro atoms. The minimum atomic E-state index is -0.133. The molecule has 0 bridgehead atoms. The van der Waals surface area contributed by atoms with Gasteiger partial charge in [-0.25, -0.2) is 0 Å². The monoisotopic (exact) mass is 748 g/mol. The minimum absolute atomic E-state index is 0.133. The Bertz CT molecular complexity index is 3450. The molecule has 5 aliphatic rings. The second kappa shape index (κ2) is 12.0. The Labute approximate surface area is 344 Å². The van der Waals surface area contributed by atoms with Crippen molar-refractivity contribution in [3.05, 3.63) is 233 Å². The molecular formula is C59H40. The molecule has 0 aliphatic heterocycles. The van der Waals surface area contributed by atoms with Gasteiger partial charge in [0.2, 0.25) is 0 Å². The van der Waals surface area contributed by atoms with Crippen LogP contribution in [0.3, 0.4) is 0 Å². The van der Waals surface area contributed by atoms with Crippen LogP contribution in [0.4, 0.5) is 0 Å². The standard InChI is InChI=1S/C59H40/c1-59(2)53-20-8-7-18-45(53)49-33-51-52(34-54(49)59)57(44-26-22-36-12-4-6-14-40(36)30-44)50-31-41(27-28-47(50)56(51)43-25-21-35-11-3-5-13-39(35)29-43)48-32-42-17-9-15-37-23-24-38-16-10-19-46(48)58(38)55(37)42/h3-34,55,58H,1-2H3. The van der Waals surface area contributed by atoms with E-state index in [1.165, 1.54) is 121 Å². The van der Waals surface area contributed by atoms with E-state index in [0.717, 1.165) is 0 Å². The number of hydrogen-bond acceptors (Lipinski definition) is 0. The lowest BCUT2D eigenvalue weighted by molar-refractivity contribution is 0.568. The smallest absolute Gasteiger partial charge is 0.0205 e. The lowest BCUT2D eigenvalue weighted by Crippen LogP contribution is -2.29. The Balaban J connectivity index is 1.17. The van der Waals surface area contributed by atoms with Crippen molar-refractivity contribution in [2.75, 3.05) is 0 Å². The highest BCUT2D eigenvalue weighted by Crippen LogP contribution is 2.56. The van der Waals surface area contributed by atoms with Crippen LogP contribution in [-0.4, -0.2) is 0 Å². The van der Waals surface area contributed by atoms with Crippen molar-refractivity contribution in [1.82, 2.24) is 0 Å². The molecule has 8 aromatic carbocycles. The molecule has 2 atom stereocenters. The molecule has 0 aromatic heterocycles. The molecule has 8 aromatic rings. The molecule has 0 amide bonds. The summed E-state index contributed by atoms with van der Waals surface area (Å²) < 4.78 is 0. The van der Waals surface area contributed by atoms with Crippen molar-refractivity contribution in [3.63, 3.8) is 0 Å². The molecule has 0 nitrogen and oxygen atoms in total. The summed E-state index contributed by atoms with van der Waals surface area (Å²) in [4.78, 5) is 0. The summed E-state index contributed by atoms with van der Waals surface area (Å²) in [6, 6.07) is 53.2. The van der Waals surface area contributed by atoms with Crippen LogP contribution >= 0.6 is 0 Å². The Kier molecular flexibility index (Phi) is 6.72. The molecule has 0 fully saturated rings. The molecule has 0 heteroatoms. The van der Waals surface area contributed by atoms with Gasteiger partial charge in [-0.15, -0.1) is 0 Å². The first-order chi connectivity index (χ1) is 29.0. The fraction of sp³-hybridized carbons (Fsp3) is 0.0847. The second-order valence-corrected chi connectivity index (χ2v) is 17.6. The number of rotatable bonds is 3. The van der Waals surface area contributed by atoms with E-state index in [2.05, 4.69) is 208 Å². The first-order valence-electron chi connectivity index (χ1n) is 21.1. The van der Waals surface area contributed by atoms with Gasteiger partial charge < -0.3 is 0 Å². The highest BCUT2D eigenvalue weighted by Gasteiger charge is 2.40. The third-order valence-electron chi connectivity index (χ3n) is 14.2. The predicted octanol–water partition coefficient (Wildman–Crippen LogP) is 15.4. The zero-order valence-electron chi connectivity index (χ0n) is 33.1. The number of allylic oxidation sites excluding steroid dienone is 14. The van der Waals surface area contributed by atoms with Crippen molar-refractivity contribution in [2.45, 2.75) is 19.3 Å². The van der Waals surface area contributed by atoms with Crippen LogP contribution in [0, 0.1) is 11.8 Å². The summed E-state index contributed by atoms with van der Waals surface area (Å²) in [6.45, 7) is 4.81. The molecule has 5 aliphatic carbocycles. The number of fused-ring (bicyclic) bond motifs is 7. The van der Waals surface area contributed by atoms with Gasteiger partial charge in [0.25, 0.3) is 0 Å². The molecule has 59 heavy (non-hydrogen) atoms. The van der Waals surface area contributed by atoms with Crippen molar-refractivity contribution in [2.24, 2.45) is 11.8 Å². The Morgan fingerprint density at radius 1 is 0.407 bits per heavy atom. The molecule has 276 valence electrons. The third-order valence-corrected chi connectivity index (χ3v) is 14.2. The third kappa shape index (κ3) is 4.66. The normalized spacial score (nSPS) is 19.2. The Morgan fingerprint density at radius 2 is 1.00 bits per heavy atom. The van der Waals surface area contributed by atoms with E-state index in [1.54, 1.807) is 0 Å². The lowest BCUT2D eigenvalue weighted by atomic mass is 9.62. The quantitative estimate of drug-likeness (QED) is 0.158. The molecule has 2 unspecified atom stereocenters. The van der Waals surface area contributed by atoms with Gasteiger partial charge in [0, 0.05) is 17.3 Å². The molecular weight excluding hydrogens is 709 g/mol. The number of benzene rings is 8. The average molecular weight is 749 g/mol. The van der Waals surface area contributed by atoms with Crippen molar-refractivity contribution in [3.8, 4) is 33.4 Å². The second-order valence-electron chi connectivity index (χ2n) is 17.6. The van der Waals surface area contributed by atoms with Crippen LogP contribution in [0.1, 0.15) is 30.5 Å². The van der Waals surface area contributed by atoms with E-state index in [-0.39, 0.29) is 5.41 Å². The lowest BCUT2D eigenvalue weighted by Gasteiger charge is -2.41. The van der Waals surface area contributed by atoms with E-state index in [9.17, 15) is 0 Å². The highest BCUT2D eigenvalue weighted by molar-refractivity contribution is 6.23. The van der Waals surface area contributed by atoms with Crippen LogP contribution in [0.5, 0.6) is 0 Å². The van der Waals surface area contributed by atoms with Gasteiger partial charge in [-0.05, 0) is 151 Å². The van der Waals surface area contributed by atoms with Crippen molar-refractivity contribution in [1.29, 1.82) is 0 Å². The largest absolute Gasteiger partial charge is 0.0619 e. The van der Waals surface area contributed by atoms with Crippen molar-refractivity contribution < 1.29 is 0 Å². The maximum Gasteiger partial charge on any atom is 0.0205 e. The summed E-state index contributed by atoms with van der Waals surface area (Å²) >= 11 is 0. The zero-order chi connectivity index (χ0) is 39.0. The predicted molar refractivity (Wildman–Crippen MR) is 250 cm³/mol. The van der Waals surface area contributed by atoms with E-state index < -0.39 is 0 Å². The van der Waals surface area contributed by atoms with E-state index in [0.29, 0.717) is 11.8 Å². The molecule has 13 rings (SSSR count). The Morgan fingerprint density at radius 3 is 1.75 bits per heavy atom. The molecule has 0 radical (unpaired) electrons. The Hall–Kier alpha value is -7.02. The summed E-state index contributed by atoms with van der Waals surface area (Å²) in [5, 5.41) is 10.2. The summed E-state index contributed by atoms with van der Waals surface area (Å²) in [7, 11) is 0. The van der Waals surface area contributed by atoms with E-state index in [4.69, 9.17) is 0 Å². The van der Waals surface area contributed by atoms with Gasteiger partial charge >= 0.3 is 0 Å². The maximum atomic E-state index is 2.57. The van der Waals surface area contributed by atoms with Gasteiger partial charge in [-0.1, -0.05) is 178 Å². The van der Waals surface area contributed by atoms with Crippen LogP contribution in [0.15, 0.2) is 217 Å². The minimum Gasteiger partial charge on any atom is -0.0619 e. The van der Waals surface area contributed by atoms with Gasteiger partial charge in [0.1, 0.15) is 0 Å². The van der Waals surface area contributed by atoms with Crippen LogP contribution in [0.2, 0.25) is 0 Å². The van der Waals surface area contributed by atoms with Gasteiger partial charge in [0.05, 0.1) is 0 Å². The summed E-state index contributed by atoms with van der Waals surface area (Å²) in [6.07, 6.45) is 21.0. The summed E-state index contributed by atoms with van der Waals surface area (Å²) in [5.74, 6) is 0.689. The summed E-state index contributed by atoms with van der Waals surface area (Å²) in [5.41, 5.74) is 18.7. The van der Waals surface area contributed by atoms with E-state index >= 15 is 0 Å². The molecule has 0 heterocycles. The zero-order valence-corrected chi connectivity index (χ0v) is 33.1.